The summed E-state index contributed by atoms with van der Waals surface area (Å²) in [4.78, 5) is 64.7. The van der Waals surface area contributed by atoms with Gasteiger partial charge in [-0.15, -0.1) is 0 Å². The van der Waals surface area contributed by atoms with Crippen molar-refractivity contribution in [2.45, 2.75) is 44.2 Å². The van der Waals surface area contributed by atoms with E-state index in [2.05, 4.69) is 15.6 Å². The molecule has 1 aromatic carbocycles. The average molecular weight is 456 g/mol. The van der Waals surface area contributed by atoms with E-state index in [1.807, 2.05) is 0 Å². The molecule has 3 aliphatic rings. The Bertz CT molecular complexity index is 1250. The van der Waals surface area contributed by atoms with E-state index in [-0.39, 0.29) is 49.0 Å². The number of halogens is 2. The molecule has 2 aromatic rings. The normalized spacial score (nSPS) is 21.5. The predicted octanol–water partition coefficient (Wildman–Crippen LogP) is 1.79. The highest BCUT2D eigenvalue weighted by Crippen LogP contribution is 2.33. The molecular weight excluding hydrogens is 438 g/mol. The maximum absolute atomic E-state index is 13.7. The third-order valence-electron chi connectivity index (χ3n) is 6.19. The summed E-state index contributed by atoms with van der Waals surface area (Å²) in [5.74, 6) is -6.63. The third-order valence-corrected chi connectivity index (χ3v) is 6.19. The van der Waals surface area contributed by atoms with Gasteiger partial charge in [0.05, 0.1) is 5.69 Å². The Morgan fingerprint density at radius 3 is 2.64 bits per heavy atom. The lowest BCUT2D eigenvalue weighted by molar-refractivity contribution is -0.136. The number of piperidine rings is 1. The topological polar surface area (TPSA) is 128 Å². The van der Waals surface area contributed by atoms with Gasteiger partial charge in [0.2, 0.25) is 17.6 Å². The van der Waals surface area contributed by atoms with Crippen molar-refractivity contribution < 1.29 is 32.8 Å². The van der Waals surface area contributed by atoms with Crippen LogP contribution in [0.2, 0.25) is 0 Å². The lowest BCUT2D eigenvalue weighted by Gasteiger charge is -2.29. The number of benzene rings is 1. The summed E-state index contributed by atoms with van der Waals surface area (Å²) in [5, 5.41) is 4.87. The first-order valence-corrected chi connectivity index (χ1v) is 10.4. The van der Waals surface area contributed by atoms with Crippen molar-refractivity contribution in [2.75, 3.05) is 5.32 Å². The highest BCUT2D eigenvalue weighted by atomic mass is 19.3. The SMILES string of the molecule is O=C1CCC(N2Cc3cc(NC(=O)c4cc5c([nH]4)C(=O)C(F)(F)CC5)ccc3C2=O)C(=O)N1. The first kappa shape index (κ1) is 21.0. The van der Waals surface area contributed by atoms with Crippen LogP contribution in [-0.4, -0.2) is 51.3 Å². The van der Waals surface area contributed by atoms with Gasteiger partial charge in [-0.05, 0) is 48.2 Å². The molecule has 1 saturated heterocycles. The van der Waals surface area contributed by atoms with Gasteiger partial charge in [-0.1, -0.05) is 0 Å². The van der Waals surface area contributed by atoms with Gasteiger partial charge in [-0.25, -0.2) is 0 Å². The molecule has 2 aliphatic heterocycles. The molecule has 1 fully saturated rings. The summed E-state index contributed by atoms with van der Waals surface area (Å²) in [6.07, 6.45) is -0.231. The van der Waals surface area contributed by atoms with Crippen LogP contribution in [0.3, 0.4) is 0 Å². The molecule has 0 saturated carbocycles. The Balaban J connectivity index is 1.32. The minimum Gasteiger partial charge on any atom is -0.348 e. The molecule has 0 spiro atoms. The van der Waals surface area contributed by atoms with Crippen molar-refractivity contribution in [2.24, 2.45) is 0 Å². The van der Waals surface area contributed by atoms with Crippen molar-refractivity contribution in [1.82, 2.24) is 15.2 Å². The van der Waals surface area contributed by atoms with E-state index in [1.54, 1.807) is 6.07 Å². The van der Waals surface area contributed by atoms with Gasteiger partial charge in [0.1, 0.15) is 11.7 Å². The van der Waals surface area contributed by atoms with Crippen molar-refractivity contribution in [3.8, 4) is 0 Å². The van der Waals surface area contributed by atoms with Gasteiger partial charge in [-0.2, -0.15) is 8.78 Å². The number of rotatable bonds is 3. The van der Waals surface area contributed by atoms with Crippen molar-refractivity contribution in [1.29, 1.82) is 0 Å². The molecule has 11 heteroatoms. The monoisotopic (exact) mass is 456 g/mol. The number of Topliss-reactive ketones (excluding diaryl/α,β-unsaturated/α-hetero) is 1. The lowest BCUT2D eigenvalue weighted by atomic mass is 9.93. The van der Waals surface area contributed by atoms with E-state index < -0.39 is 36.0 Å². The molecule has 9 nitrogen and oxygen atoms in total. The molecule has 3 heterocycles. The van der Waals surface area contributed by atoms with Gasteiger partial charge in [0.15, 0.2) is 0 Å². The smallest absolute Gasteiger partial charge is 0.311 e. The number of aromatic nitrogens is 1. The quantitative estimate of drug-likeness (QED) is 0.607. The third kappa shape index (κ3) is 3.49. The molecule has 1 atom stereocenters. The fourth-order valence-corrected chi connectivity index (χ4v) is 4.46. The molecule has 1 aliphatic carbocycles. The molecule has 5 rings (SSSR count). The second-order valence-corrected chi connectivity index (χ2v) is 8.34. The van der Waals surface area contributed by atoms with E-state index in [0.29, 0.717) is 22.4 Å². The van der Waals surface area contributed by atoms with Crippen LogP contribution in [0.25, 0.3) is 0 Å². The van der Waals surface area contributed by atoms with E-state index in [9.17, 15) is 32.8 Å². The first-order chi connectivity index (χ1) is 15.6. The molecule has 0 bridgehead atoms. The molecule has 4 amide bonds. The maximum Gasteiger partial charge on any atom is 0.311 e. The molecule has 0 radical (unpaired) electrons. The summed E-state index contributed by atoms with van der Waals surface area (Å²) in [7, 11) is 0. The van der Waals surface area contributed by atoms with Crippen LogP contribution >= 0.6 is 0 Å². The number of alkyl halides is 2. The summed E-state index contributed by atoms with van der Waals surface area (Å²) in [6, 6.07) is 5.29. The number of hydrogen-bond acceptors (Lipinski definition) is 5. The Labute approximate surface area is 185 Å². The minimum atomic E-state index is -3.45. The summed E-state index contributed by atoms with van der Waals surface area (Å²) >= 11 is 0. The molecule has 3 N–H and O–H groups in total. The maximum atomic E-state index is 13.7. The number of anilines is 1. The Morgan fingerprint density at radius 2 is 1.88 bits per heavy atom. The first-order valence-electron chi connectivity index (χ1n) is 10.4. The van der Waals surface area contributed by atoms with E-state index >= 15 is 0 Å². The van der Waals surface area contributed by atoms with Crippen molar-refractivity contribution >= 4 is 35.1 Å². The highest BCUT2D eigenvalue weighted by Gasteiger charge is 2.45. The zero-order valence-electron chi connectivity index (χ0n) is 17.2. The molecule has 1 unspecified atom stereocenters. The van der Waals surface area contributed by atoms with Crippen LogP contribution < -0.4 is 10.6 Å². The van der Waals surface area contributed by atoms with Crippen LogP contribution in [-0.2, 0) is 22.6 Å². The van der Waals surface area contributed by atoms with Crippen molar-refractivity contribution in [3.63, 3.8) is 0 Å². The van der Waals surface area contributed by atoms with Crippen LogP contribution in [0.1, 0.15) is 61.7 Å². The molecular formula is C22H18F2N4O5. The zero-order chi connectivity index (χ0) is 23.5. The van der Waals surface area contributed by atoms with Gasteiger partial charge in [0, 0.05) is 30.6 Å². The number of imide groups is 1. The van der Waals surface area contributed by atoms with Gasteiger partial charge in [-0.3, -0.25) is 29.3 Å². The van der Waals surface area contributed by atoms with Gasteiger partial charge >= 0.3 is 5.92 Å². The van der Waals surface area contributed by atoms with Crippen molar-refractivity contribution in [3.05, 3.63) is 52.3 Å². The lowest BCUT2D eigenvalue weighted by Crippen LogP contribution is -2.52. The largest absolute Gasteiger partial charge is 0.348 e. The Hall–Kier alpha value is -3.89. The molecule has 1 aromatic heterocycles. The van der Waals surface area contributed by atoms with Crippen LogP contribution in [0.5, 0.6) is 0 Å². The minimum absolute atomic E-state index is 0.0189. The number of fused-ring (bicyclic) bond motifs is 2. The van der Waals surface area contributed by atoms with Gasteiger partial charge < -0.3 is 15.2 Å². The second kappa shape index (κ2) is 7.32. The summed E-state index contributed by atoms with van der Waals surface area (Å²) < 4.78 is 27.3. The predicted molar refractivity (Wildman–Crippen MR) is 109 cm³/mol. The number of H-pyrrole nitrogens is 1. The number of aryl methyl sites for hydroxylation is 1. The fourth-order valence-electron chi connectivity index (χ4n) is 4.46. The number of carbonyl (C=O) groups excluding carboxylic acids is 5. The molecule has 33 heavy (non-hydrogen) atoms. The molecule has 170 valence electrons. The number of nitrogens with zero attached hydrogens (tertiary/aromatic N) is 1. The summed E-state index contributed by atoms with van der Waals surface area (Å²) in [5.41, 5.74) is 1.45. The summed E-state index contributed by atoms with van der Waals surface area (Å²) in [6.45, 7) is 0.143. The number of ketones is 1. The van der Waals surface area contributed by atoms with E-state index in [0.717, 1.165) is 0 Å². The number of hydrogen-bond donors (Lipinski definition) is 3. The highest BCUT2D eigenvalue weighted by molar-refractivity contribution is 6.08. The van der Waals surface area contributed by atoms with E-state index in [4.69, 9.17) is 0 Å². The Morgan fingerprint density at radius 1 is 1.09 bits per heavy atom. The van der Waals surface area contributed by atoms with Crippen LogP contribution in [0.15, 0.2) is 24.3 Å². The number of amides is 4. The number of carbonyl (C=O) groups is 5. The standard InChI is InChI=1S/C22H18F2N4O5/c23-22(24)6-5-10-8-14(26-17(10)18(22)30)19(31)25-12-1-2-13-11(7-12)9-28(21(13)33)15-3-4-16(29)27-20(15)32/h1-2,7-8,15,26H,3-6,9H2,(H,25,31)(H,27,29,32). The van der Waals surface area contributed by atoms with E-state index in [1.165, 1.54) is 23.1 Å². The number of aromatic amines is 1. The average Bonchev–Trinajstić information content (AvgIpc) is 3.33. The van der Waals surface area contributed by atoms with Crippen LogP contribution in [0, 0.1) is 0 Å². The zero-order valence-corrected chi connectivity index (χ0v) is 17.2. The van der Waals surface area contributed by atoms with Gasteiger partial charge in [0.25, 0.3) is 11.8 Å². The van der Waals surface area contributed by atoms with Crippen LogP contribution in [0.4, 0.5) is 14.5 Å². The number of nitrogens with one attached hydrogen (secondary N) is 3. The second-order valence-electron chi connectivity index (χ2n) is 8.34. The fraction of sp³-hybridized carbons (Fsp3) is 0.318. The Kier molecular flexibility index (Phi) is 4.66.